The highest BCUT2D eigenvalue weighted by Crippen LogP contribution is 2.24. The van der Waals surface area contributed by atoms with Crippen LogP contribution in [0.2, 0.25) is 5.02 Å². The largest absolute Gasteiger partial charge is 0.288 e. The van der Waals surface area contributed by atoms with Crippen molar-refractivity contribution >= 4 is 23.4 Å². The van der Waals surface area contributed by atoms with Crippen molar-refractivity contribution in [3.8, 4) is 5.69 Å². The van der Waals surface area contributed by atoms with Gasteiger partial charge in [0.05, 0.1) is 23.1 Å². The van der Waals surface area contributed by atoms with Crippen molar-refractivity contribution in [3.63, 3.8) is 0 Å². The van der Waals surface area contributed by atoms with Crippen LogP contribution in [0.25, 0.3) is 5.69 Å². The van der Waals surface area contributed by atoms with Gasteiger partial charge in [-0.25, -0.2) is 4.68 Å². The zero-order valence-electron chi connectivity index (χ0n) is 14.8. The molecule has 2 aromatic heterocycles. The third-order valence-corrected chi connectivity index (χ3v) is 4.07. The van der Waals surface area contributed by atoms with Crippen molar-refractivity contribution in [2.75, 3.05) is 0 Å². The lowest BCUT2D eigenvalue weighted by atomic mass is 10.1. The quantitative estimate of drug-likeness (QED) is 0.677. The number of aromatic nitrogens is 3. The summed E-state index contributed by atoms with van der Waals surface area (Å²) in [6.07, 6.45) is 2.97. The Labute approximate surface area is 161 Å². The van der Waals surface area contributed by atoms with Gasteiger partial charge in [0.2, 0.25) is 0 Å². The number of amides is 2. The SMILES string of the molecule is CC(C)c1c(C(=O)NNC(=O)c2ccccn2)cnn1-c1cccc(Cl)c1. The van der Waals surface area contributed by atoms with Gasteiger partial charge in [-0.3, -0.25) is 25.4 Å². The molecule has 0 unspecified atom stereocenters. The maximum atomic E-state index is 12.6. The van der Waals surface area contributed by atoms with E-state index in [2.05, 4.69) is 20.9 Å². The Morgan fingerprint density at radius 3 is 2.52 bits per heavy atom. The van der Waals surface area contributed by atoms with Crippen LogP contribution >= 0.6 is 11.6 Å². The van der Waals surface area contributed by atoms with Crippen molar-refractivity contribution in [1.82, 2.24) is 25.6 Å². The molecule has 2 amide bonds. The fourth-order valence-electron chi connectivity index (χ4n) is 2.64. The zero-order valence-corrected chi connectivity index (χ0v) is 15.6. The van der Waals surface area contributed by atoms with Crippen LogP contribution in [0.4, 0.5) is 0 Å². The fourth-order valence-corrected chi connectivity index (χ4v) is 2.83. The predicted molar refractivity (Wildman–Crippen MR) is 102 cm³/mol. The first-order valence-electron chi connectivity index (χ1n) is 8.33. The summed E-state index contributed by atoms with van der Waals surface area (Å²) in [7, 11) is 0. The van der Waals surface area contributed by atoms with Crippen molar-refractivity contribution < 1.29 is 9.59 Å². The lowest BCUT2D eigenvalue weighted by Gasteiger charge is -2.13. The number of hydrogen-bond donors (Lipinski definition) is 2. The summed E-state index contributed by atoms with van der Waals surface area (Å²) in [6, 6.07) is 12.2. The van der Waals surface area contributed by atoms with E-state index in [-0.39, 0.29) is 11.6 Å². The molecular formula is C19H18ClN5O2. The van der Waals surface area contributed by atoms with Crippen molar-refractivity contribution in [2.24, 2.45) is 0 Å². The maximum Gasteiger partial charge on any atom is 0.288 e. The van der Waals surface area contributed by atoms with Gasteiger partial charge in [0.1, 0.15) is 5.69 Å². The summed E-state index contributed by atoms with van der Waals surface area (Å²) in [5.41, 5.74) is 6.81. The molecule has 0 saturated heterocycles. The number of benzene rings is 1. The van der Waals surface area contributed by atoms with Gasteiger partial charge < -0.3 is 0 Å². The molecule has 0 aliphatic rings. The van der Waals surface area contributed by atoms with Crippen LogP contribution in [0, 0.1) is 0 Å². The molecule has 0 fully saturated rings. The number of rotatable bonds is 4. The lowest BCUT2D eigenvalue weighted by Crippen LogP contribution is -2.42. The molecule has 3 rings (SSSR count). The van der Waals surface area contributed by atoms with Crippen LogP contribution in [-0.4, -0.2) is 26.6 Å². The molecule has 0 bridgehead atoms. The van der Waals surface area contributed by atoms with Gasteiger partial charge in [-0.05, 0) is 36.2 Å². The molecule has 138 valence electrons. The second kappa shape index (κ2) is 8.01. The van der Waals surface area contributed by atoms with Crippen LogP contribution in [0.1, 0.15) is 46.3 Å². The van der Waals surface area contributed by atoms with E-state index in [0.29, 0.717) is 16.3 Å². The summed E-state index contributed by atoms with van der Waals surface area (Å²) >= 11 is 6.07. The van der Waals surface area contributed by atoms with Crippen LogP contribution in [0.15, 0.2) is 54.9 Å². The summed E-state index contributed by atoms with van der Waals surface area (Å²) in [5.74, 6) is -0.952. The van der Waals surface area contributed by atoms with Crippen LogP contribution in [0.5, 0.6) is 0 Å². The first-order valence-corrected chi connectivity index (χ1v) is 8.70. The van der Waals surface area contributed by atoms with Gasteiger partial charge in [0, 0.05) is 11.2 Å². The van der Waals surface area contributed by atoms with E-state index in [9.17, 15) is 9.59 Å². The summed E-state index contributed by atoms with van der Waals surface area (Å²) in [6.45, 7) is 3.92. The maximum absolute atomic E-state index is 12.6. The molecule has 0 saturated carbocycles. The van der Waals surface area contributed by atoms with Gasteiger partial charge in [0.25, 0.3) is 11.8 Å². The third kappa shape index (κ3) is 4.15. The molecule has 0 aliphatic carbocycles. The molecule has 0 spiro atoms. The molecule has 27 heavy (non-hydrogen) atoms. The van der Waals surface area contributed by atoms with Crippen LogP contribution in [0.3, 0.4) is 0 Å². The Hall–Kier alpha value is -3.19. The average Bonchev–Trinajstić information content (AvgIpc) is 3.12. The summed E-state index contributed by atoms with van der Waals surface area (Å²) < 4.78 is 1.67. The van der Waals surface area contributed by atoms with E-state index < -0.39 is 11.8 Å². The third-order valence-electron chi connectivity index (χ3n) is 3.84. The lowest BCUT2D eigenvalue weighted by molar-refractivity contribution is 0.0843. The number of nitrogens with zero attached hydrogens (tertiary/aromatic N) is 3. The zero-order chi connectivity index (χ0) is 19.4. The normalized spacial score (nSPS) is 10.7. The molecule has 1 aromatic carbocycles. The number of pyridine rings is 1. The Bertz CT molecular complexity index is 969. The van der Waals surface area contributed by atoms with E-state index in [1.807, 2.05) is 26.0 Å². The number of carbonyl (C=O) groups excluding carboxylic acids is 2. The van der Waals surface area contributed by atoms with E-state index in [1.54, 1.807) is 35.0 Å². The molecule has 0 aliphatic heterocycles. The standard InChI is InChI=1S/C19H18ClN5O2/c1-12(2)17-15(11-22-25(17)14-7-5-6-13(20)10-14)18(26)23-24-19(27)16-8-3-4-9-21-16/h3-12H,1-2H3,(H,23,26)(H,24,27). The Morgan fingerprint density at radius 1 is 1.07 bits per heavy atom. The van der Waals surface area contributed by atoms with E-state index in [4.69, 9.17) is 11.6 Å². The van der Waals surface area contributed by atoms with Gasteiger partial charge >= 0.3 is 0 Å². The highest BCUT2D eigenvalue weighted by Gasteiger charge is 2.21. The molecule has 3 aromatic rings. The monoisotopic (exact) mass is 383 g/mol. The van der Waals surface area contributed by atoms with E-state index in [0.717, 1.165) is 5.69 Å². The number of hydrazine groups is 1. The number of hydrogen-bond acceptors (Lipinski definition) is 4. The molecule has 8 heteroatoms. The van der Waals surface area contributed by atoms with Crippen molar-refractivity contribution in [2.45, 2.75) is 19.8 Å². The van der Waals surface area contributed by atoms with Gasteiger partial charge in [0.15, 0.2) is 0 Å². The Balaban J connectivity index is 1.82. The summed E-state index contributed by atoms with van der Waals surface area (Å²) in [4.78, 5) is 28.6. The van der Waals surface area contributed by atoms with Gasteiger partial charge in [-0.2, -0.15) is 5.10 Å². The minimum Gasteiger partial charge on any atom is -0.267 e. The average molecular weight is 384 g/mol. The van der Waals surface area contributed by atoms with Gasteiger partial charge in [-0.1, -0.05) is 37.6 Å². The first-order chi connectivity index (χ1) is 13.0. The highest BCUT2D eigenvalue weighted by atomic mass is 35.5. The molecule has 0 atom stereocenters. The van der Waals surface area contributed by atoms with Crippen molar-refractivity contribution in [1.29, 1.82) is 0 Å². The Kier molecular flexibility index (Phi) is 5.52. The molecular weight excluding hydrogens is 366 g/mol. The number of nitrogens with one attached hydrogen (secondary N) is 2. The molecule has 2 N–H and O–H groups in total. The molecule has 7 nitrogen and oxygen atoms in total. The van der Waals surface area contributed by atoms with E-state index in [1.165, 1.54) is 12.4 Å². The van der Waals surface area contributed by atoms with Gasteiger partial charge in [-0.15, -0.1) is 0 Å². The topological polar surface area (TPSA) is 88.9 Å². The minimum atomic E-state index is -0.503. The second-order valence-corrected chi connectivity index (χ2v) is 6.55. The first kappa shape index (κ1) is 18.6. The summed E-state index contributed by atoms with van der Waals surface area (Å²) in [5, 5.41) is 4.90. The van der Waals surface area contributed by atoms with Crippen molar-refractivity contribution in [3.05, 3.63) is 76.8 Å². The fraction of sp³-hybridized carbons (Fsp3) is 0.158. The molecule has 0 radical (unpaired) electrons. The number of halogens is 1. The smallest absolute Gasteiger partial charge is 0.267 e. The second-order valence-electron chi connectivity index (χ2n) is 6.11. The number of carbonyl (C=O) groups is 2. The van der Waals surface area contributed by atoms with E-state index >= 15 is 0 Å². The Morgan fingerprint density at radius 2 is 1.85 bits per heavy atom. The van der Waals surface area contributed by atoms with Crippen LogP contribution < -0.4 is 10.9 Å². The predicted octanol–water partition coefficient (Wildman–Crippen LogP) is 3.12. The van der Waals surface area contributed by atoms with Crippen LogP contribution in [-0.2, 0) is 0 Å². The minimum absolute atomic E-state index is 0.0127. The molecule has 2 heterocycles. The highest BCUT2D eigenvalue weighted by molar-refractivity contribution is 6.30.